The third-order valence-corrected chi connectivity index (χ3v) is 5.21. The maximum absolute atomic E-state index is 11.6. The molecule has 4 nitrogen and oxygen atoms in total. The number of nitrogens with zero attached hydrogens (tertiary/aromatic N) is 1. The van der Waals surface area contributed by atoms with Crippen LogP contribution < -0.4 is 5.32 Å². The van der Waals surface area contributed by atoms with Crippen molar-refractivity contribution in [3.8, 4) is 0 Å². The Morgan fingerprint density at radius 1 is 1.33 bits per heavy atom. The van der Waals surface area contributed by atoms with Crippen LogP contribution in [0.1, 0.15) is 18.9 Å². The normalized spacial score (nSPS) is 24.5. The molecule has 0 amide bonds. The average Bonchev–Trinajstić information content (AvgIpc) is 2.45. The minimum atomic E-state index is -3.05. The fourth-order valence-electron chi connectivity index (χ4n) is 2.69. The van der Waals surface area contributed by atoms with Crippen molar-refractivity contribution >= 4 is 16.1 Å². The van der Waals surface area contributed by atoms with Gasteiger partial charge < -0.3 is 5.32 Å². The first-order chi connectivity index (χ1) is 9.97. The second kappa shape index (κ2) is 7.20. The molecular weight excluding hydrogens is 284 g/mol. The summed E-state index contributed by atoms with van der Waals surface area (Å²) in [5.41, 5.74) is 1.19. The van der Waals surface area contributed by atoms with Crippen LogP contribution in [0, 0.1) is 5.92 Å². The topological polar surface area (TPSA) is 49.4 Å². The summed E-state index contributed by atoms with van der Waals surface area (Å²) in [7, 11) is -3.05. The Labute approximate surface area is 127 Å². The first-order valence-electron chi connectivity index (χ1n) is 7.37. The number of rotatable bonds is 5. The summed E-state index contributed by atoms with van der Waals surface area (Å²) in [5, 5.41) is 3.51. The molecular formula is C16H24N2O2S. The monoisotopic (exact) mass is 308 g/mol. The van der Waals surface area contributed by atoms with E-state index in [1.807, 2.05) is 18.2 Å². The van der Waals surface area contributed by atoms with E-state index in [9.17, 15) is 8.42 Å². The van der Waals surface area contributed by atoms with Crippen molar-refractivity contribution in [1.29, 1.82) is 0 Å². The molecule has 1 heterocycles. The van der Waals surface area contributed by atoms with Gasteiger partial charge in [-0.2, -0.15) is 0 Å². The largest absolute Gasteiger partial charge is 0.310 e. The second-order valence-electron chi connectivity index (χ2n) is 5.71. The van der Waals surface area contributed by atoms with Gasteiger partial charge in [0.2, 0.25) is 10.0 Å². The molecule has 0 spiro atoms. The smallest absolute Gasteiger partial charge is 0.211 e. The fraction of sp³-hybridized carbons (Fsp3) is 0.500. The van der Waals surface area contributed by atoms with E-state index >= 15 is 0 Å². The van der Waals surface area contributed by atoms with Crippen molar-refractivity contribution < 1.29 is 8.42 Å². The summed E-state index contributed by atoms with van der Waals surface area (Å²) in [6.45, 7) is 4.14. The van der Waals surface area contributed by atoms with Gasteiger partial charge in [0, 0.05) is 25.7 Å². The summed E-state index contributed by atoms with van der Waals surface area (Å²) in [4.78, 5) is 0. The number of hydrogen-bond donors (Lipinski definition) is 1. The van der Waals surface area contributed by atoms with E-state index in [1.165, 1.54) is 11.8 Å². The van der Waals surface area contributed by atoms with E-state index in [0.29, 0.717) is 25.0 Å². The van der Waals surface area contributed by atoms with Gasteiger partial charge in [0.25, 0.3) is 0 Å². The lowest BCUT2D eigenvalue weighted by Gasteiger charge is -2.35. The molecule has 1 aliphatic rings. The number of benzene rings is 1. The number of piperidine rings is 1. The van der Waals surface area contributed by atoms with Crippen molar-refractivity contribution in [2.24, 2.45) is 5.92 Å². The molecule has 0 bridgehead atoms. The van der Waals surface area contributed by atoms with Gasteiger partial charge in [-0.1, -0.05) is 49.4 Å². The van der Waals surface area contributed by atoms with Gasteiger partial charge in [-0.05, 0) is 17.9 Å². The van der Waals surface area contributed by atoms with Crippen molar-refractivity contribution in [1.82, 2.24) is 9.62 Å². The molecule has 1 aliphatic heterocycles. The highest BCUT2D eigenvalue weighted by Crippen LogP contribution is 2.18. The third-order valence-electron chi connectivity index (χ3n) is 3.94. The standard InChI is InChI=1S/C16H24N2O2S/c1-14-13-18(21(2,19)20)12-10-16(14)17-11-6-9-15-7-4-3-5-8-15/h3-9,14,16-17H,10-13H2,1-2H3/b9-6+/t14-,16+/m1/s1. The van der Waals surface area contributed by atoms with Crippen LogP contribution in [0.25, 0.3) is 6.08 Å². The van der Waals surface area contributed by atoms with Crippen LogP contribution in [0.2, 0.25) is 0 Å². The predicted molar refractivity (Wildman–Crippen MR) is 87.5 cm³/mol. The van der Waals surface area contributed by atoms with Crippen LogP contribution in [0.5, 0.6) is 0 Å². The minimum absolute atomic E-state index is 0.332. The van der Waals surface area contributed by atoms with E-state index in [1.54, 1.807) is 4.31 Å². The Kier molecular flexibility index (Phi) is 5.56. The van der Waals surface area contributed by atoms with Crippen molar-refractivity contribution in [3.05, 3.63) is 42.0 Å². The lowest BCUT2D eigenvalue weighted by atomic mass is 9.95. The fourth-order valence-corrected chi connectivity index (χ4v) is 3.63. The molecule has 0 aliphatic carbocycles. The van der Waals surface area contributed by atoms with Gasteiger partial charge in [-0.3, -0.25) is 0 Å². The number of hydrogen-bond acceptors (Lipinski definition) is 3. The lowest BCUT2D eigenvalue weighted by molar-refractivity contribution is 0.225. The van der Waals surface area contributed by atoms with Gasteiger partial charge >= 0.3 is 0 Å². The molecule has 1 saturated heterocycles. The van der Waals surface area contributed by atoms with Crippen LogP contribution in [0.4, 0.5) is 0 Å². The number of nitrogens with one attached hydrogen (secondary N) is 1. The van der Waals surface area contributed by atoms with Crippen LogP contribution in [0.15, 0.2) is 36.4 Å². The maximum atomic E-state index is 11.6. The molecule has 116 valence electrons. The molecule has 1 aromatic rings. The molecule has 0 unspecified atom stereocenters. The van der Waals surface area contributed by atoms with Crippen LogP contribution in [-0.4, -0.2) is 44.7 Å². The quantitative estimate of drug-likeness (QED) is 0.904. The SMILES string of the molecule is C[C@@H]1CN(S(C)(=O)=O)CC[C@@H]1NC/C=C/c1ccccc1. The molecule has 1 N–H and O–H groups in total. The minimum Gasteiger partial charge on any atom is -0.310 e. The van der Waals surface area contributed by atoms with Gasteiger partial charge in [0.15, 0.2) is 0 Å². The summed E-state index contributed by atoms with van der Waals surface area (Å²) in [6.07, 6.45) is 6.37. The summed E-state index contributed by atoms with van der Waals surface area (Å²) < 4.78 is 24.7. The van der Waals surface area contributed by atoms with Gasteiger partial charge in [0.1, 0.15) is 0 Å². The Morgan fingerprint density at radius 3 is 2.67 bits per heavy atom. The molecule has 0 saturated carbocycles. The van der Waals surface area contributed by atoms with E-state index in [-0.39, 0.29) is 0 Å². The number of sulfonamides is 1. The Balaban J connectivity index is 1.79. The van der Waals surface area contributed by atoms with Gasteiger partial charge in [-0.15, -0.1) is 0 Å². The second-order valence-corrected chi connectivity index (χ2v) is 7.70. The molecule has 21 heavy (non-hydrogen) atoms. The highest BCUT2D eigenvalue weighted by molar-refractivity contribution is 7.88. The van der Waals surface area contributed by atoms with Gasteiger partial charge in [0.05, 0.1) is 6.26 Å². The first-order valence-corrected chi connectivity index (χ1v) is 9.22. The maximum Gasteiger partial charge on any atom is 0.211 e. The average molecular weight is 308 g/mol. The van der Waals surface area contributed by atoms with E-state index in [0.717, 1.165) is 13.0 Å². The van der Waals surface area contributed by atoms with E-state index in [2.05, 4.69) is 36.5 Å². The Morgan fingerprint density at radius 2 is 2.05 bits per heavy atom. The summed E-state index contributed by atoms with van der Waals surface area (Å²) in [5.74, 6) is 0.332. The highest BCUT2D eigenvalue weighted by Gasteiger charge is 2.29. The molecule has 2 rings (SSSR count). The van der Waals surface area contributed by atoms with E-state index in [4.69, 9.17) is 0 Å². The van der Waals surface area contributed by atoms with Crippen molar-refractivity contribution in [2.75, 3.05) is 25.9 Å². The molecule has 1 fully saturated rings. The summed E-state index contributed by atoms with van der Waals surface area (Å²) >= 11 is 0. The predicted octanol–water partition coefficient (Wildman–Crippen LogP) is 1.96. The zero-order valence-electron chi connectivity index (χ0n) is 12.7. The van der Waals surface area contributed by atoms with Crippen molar-refractivity contribution in [2.45, 2.75) is 19.4 Å². The molecule has 2 atom stereocenters. The zero-order valence-corrected chi connectivity index (χ0v) is 13.5. The van der Waals surface area contributed by atoms with Crippen LogP contribution >= 0.6 is 0 Å². The molecule has 5 heteroatoms. The lowest BCUT2D eigenvalue weighted by Crippen LogP contribution is -2.49. The Hall–Kier alpha value is -1.17. The molecule has 0 aromatic heterocycles. The van der Waals surface area contributed by atoms with Gasteiger partial charge in [-0.25, -0.2) is 12.7 Å². The summed E-state index contributed by atoms with van der Waals surface area (Å²) in [6, 6.07) is 10.6. The first kappa shape index (κ1) is 16.2. The highest BCUT2D eigenvalue weighted by atomic mass is 32.2. The van der Waals surface area contributed by atoms with E-state index < -0.39 is 10.0 Å². The van der Waals surface area contributed by atoms with Crippen LogP contribution in [0.3, 0.4) is 0 Å². The van der Waals surface area contributed by atoms with Crippen molar-refractivity contribution in [3.63, 3.8) is 0 Å². The Bertz CT molecular complexity index is 569. The molecule has 1 aromatic carbocycles. The third kappa shape index (κ3) is 4.95. The zero-order chi connectivity index (χ0) is 15.3. The molecule has 0 radical (unpaired) electrons. The van der Waals surface area contributed by atoms with Crippen LogP contribution in [-0.2, 0) is 10.0 Å².